The summed E-state index contributed by atoms with van der Waals surface area (Å²) in [5.74, 6) is 0.507. The predicted octanol–water partition coefficient (Wildman–Crippen LogP) is 5.13. The maximum absolute atomic E-state index is 12.5. The fourth-order valence-corrected chi connectivity index (χ4v) is 3.97. The van der Waals surface area contributed by atoms with E-state index in [1.165, 1.54) is 23.1 Å². The number of carbonyl (C=O) groups is 2. The van der Waals surface area contributed by atoms with Gasteiger partial charge in [-0.15, -0.1) is 23.1 Å². The van der Waals surface area contributed by atoms with Crippen molar-refractivity contribution in [1.82, 2.24) is 0 Å². The van der Waals surface area contributed by atoms with Gasteiger partial charge >= 0.3 is 0 Å². The Morgan fingerprint density at radius 1 is 1.00 bits per heavy atom. The fourth-order valence-electron chi connectivity index (χ4n) is 2.42. The van der Waals surface area contributed by atoms with E-state index in [1.807, 2.05) is 42.6 Å². The van der Waals surface area contributed by atoms with Crippen LogP contribution in [0.1, 0.15) is 16.6 Å². The van der Waals surface area contributed by atoms with Gasteiger partial charge in [0, 0.05) is 16.3 Å². The quantitative estimate of drug-likeness (QED) is 0.528. The van der Waals surface area contributed by atoms with Crippen LogP contribution in [0.4, 0.5) is 11.4 Å². The van der Waals surface area contributed by atoms with Crippen molar-refractivity contribution >= 4 is 46.3 Å². The molecule has 0 saturated carbocycles. The van der Waals surface area contributed by atoms with E-state index in [0.717, 1.165) is 16.3 Å². The zero-order chi connectivity index (χ0) is 19.9. The van der Waals surface area contributed by atoms with Crippen molar-refractivity contribution < 1.29 is 14.3 Å². The minimum absolute atomic E-state index is 0.0943. The summed E-state index contributed by atoms with van der Waals surface area (Å²) < 4.78 is 5.12. The average Bonchev–Trinajstić information content (AvgIpc) is 3.24. The van der Waals surface area contributed by atoms with Crippen LogP contribution in [0.5, 0.6) is 5.75 Å². The molecule has 0 bridgehead atoms. The molecule has 144 valence electrons. The van der Waals surface area contributed by atoms with Crippen LogP contribution in [0.15, 0.2) is 70.9 Å². The predicted molar refractivity (Wildman–Crippen MR) is 116 cm³/mol. The van der Waals surface area contributed by atoms with Gasteiger partial charge in [0.1, 0.15) is 5.75 Å². The van der Waals surface area contributed by atoms with Gasteiger partial charge in [-0.25, -0.2) is 0 Å². The minimum Gasteiger partial charge on any atom is -0.497 e. The van der Waals surface area contributed by atoms with Crippen LogP contribution in [-0.2, 0) is 4.79 Å². The smallest absolute Gasteiger partial charge is 0.265 e. The number of amides is 2. The van der Waals surface area contributed by atoms with E-state index in [4.69, 9.17) is 4.74 Å². The minimum atomic E-state index is -0.301. The van der Waals surface area contributed by atoms with Gasteiger partial charge in [0.05, 0.1) is 17.2 Å². The molecule has 1 heterocycles. The molecule has 2 amide bonds. The number of anilines is 2. The number of carbonyl (C=O) groups excluding carboxylic acids is 2. The summed E-state index contributed by atoms with van der Waals surface area (Å²) in [6.07, 6.45) is 0. The third kappa shape index (κ3) is 5.37. The van der Waals surface area contributed by atoms with Gasteiger partial charge in [0.25, 0.3) is 5.91 Å². The van der Waals surface area contributed by atoms with Crippen LogP contribution in [-0.4, -0.2) is 24.2 Å². The van der Waals surface area contributed by atoms with Crippen LogP contribution in [0, 0.1) is 0 Å². The molecular weight excluding hydrogens is 392 g/mol. The number of methoxy groups -OCH3 is 1. The summed E-state index contributed by atoms with van der Waals surface area (Å²) in [6, 6.07) is 18.3. The standard InChI is InChI=1S/C21H20N2O3S2/c1-14(20(24)22-15-8-10-17(26-2)11-9-15)28-18-6-3-5-16(13-18)23-21(25)19-7-4-12-27-19/h3-14H,1-2H3,(H,22,24)(H,23,25). The molecule has 1 aromatic heterocycles. The number of nitrogens with one attached hydrogen (secondary N) is 2. The Hall–Kier alpha value is -2.77. The van der Waals surface area contributed by atoms with Crippen LogP contribution >= 0.6 is 23.1 Å². The van der Waals surface area contributed by atoms with Gasteiger partial charge in [-0.3, -0.25) is 9.59 Å². The van der Waals surface area contributed by atoms with E-state index < -0.39 is 0 Å². The molecule has 1 unspecified atom stereocenters. The lowest BCUT2D eigenvalue weighted by Gasteiger charge is -2.13. The Bertz CT molecular complexity index is 941. The number of hydrogen-bond donors (Lipinski definition) is 2. The highest BCUT2D eigenvalue weighted by Crippen LogP contribution is 2.27. The first-order chi connectivity index (χ1) is 13.5. The molecule has 0 fully saturated rings. The van der Waals surface area contributed by atoms with Gasteiger partial charge < -0.3 is 15.4 Å². The van der Waals surface area contributed by atoms with Gasteiger partial charge in [-0.05, 0) is 60.8 Å². The SMILES string of the molecule is COc1ccc(NC(=O)C(C)Sc2cccc(NC(=O)c3cccs3)c2)cc1. The van der Waals surface area contributed by atoms with Crippen LogP contribution in [0.2, 0.25) is 0 Å². The Balaban J connectivity index is 1.59. The zero-order valence-electron chi connectivity index (χ0n) is 15.5. The second kappa shape index (κ2) is 9.43. The van der Waals surface area contributed by atoms with E-state index in [2.05, 4.69) is 10.6 Å². The maximum atomic E-state index is 12.5. The van der Waals surface area contributed by atoms with E-state index >= 15 is 0 Å². The lowest BCUT2D eigenvalue weighted by Crippen LogP contribution is -2.22. The molecule has 28 heavy (non-hydrogen) atoms. The molecule has 0 aliphatic rings. The highest BCUT2D eigenvalue weighted by Gasteiger charge is 2.15. The molecule has 0 spiro atoms. The van der Waals surface area contributed by atoms with Crippen LogP contribution < -0.4 is 15.4 Å². The third-order valence-corrected chi connectivity index (χ3v) is 5.84. The topological polar surface area (TPSA) is 67.4 Å². The Morgan fingerprint density at radius 3 is 2.46 bits per heavy atom. The molecule has 1 atom stereocenters. The molecule has 7 heteroatoms. The van der Waals surface area contributed by atoms with E-state index in [9.17, 15) is 9.59 Å². The summed E-state index contributed by atoms with van der Waals surface area (Å²) in [5.41, 5.74) is 1.42. The number of thiophene rings is 1. The molecule has 0 radical (unpaired) electrons. The summed E-state index contributed by atoms with van der Waals surface area (Å²) in [6.45, 7) is 1.85. The van der Waals surface area contributed by atoms with Crippen LogP contribution in [0.3, 0.4) is 0 Å². The highest BCUT2D eigenvalue weighted by molar-refractivity contribution is 8.00. The lowest BCUT2D eigenvalue weighted by atomic mass is 10.3. The van der Waals surface area contributed by atoms with Crippen molar-refractivity contribution in [3.63, 3.8) is 0 Å². The highest BCUT2D eigenvalue weighted by atomic mass is 32.2. The number of rotatable bonds is 7. The lowest BCUT2D eigenvalue weighted by molar-refractivity contribution is -0.115. The van der Waals surface area contributed by atoms with Crippen molar-refractivity contribution in [2.24, 2.45) is 0 Å². The zero-order valence-corrected chi connectivity index (χ0v) is 17.1. The molecular formula is C21H20N2O3S2. The van der Waals surface area contributed by atoms with Crippen LogP contribution in [0.25, 0.3) is 0 Å². The normalized spacial score (nSPS) is 11.5. The maximum Gasteiger partial charge on any atom is 0.265 e. The van der Waals surface area contributed by atoms with Gasteiger partial charge in [0.15, 0.2) is 0 Å². The molecule has 5 nitrogen and oxygen atoms in total. The van der Waals surface area contributed by atoms with E-state index in [-0.39, 0.29) is 17.1 Å². The largest absolute Gasteiger partial charge is 0.497 e. The number of hydrogen-bond acceptors (Lipinski definition) is 5. The molecule has 2 N–H and O–H groups in total. The first-order valence-electron chi connectivity index (χ1n) is 8.61. The molecule has 3 aromatic rings. The third-order valence-electron chi connectivity index (χ3n) is 3.88. The first-order valence-corrected chi connectivity index (χ1v) is 10.4. The first kappa shape index (κ1) is 20.0. The molecule has 0 saturated heterocycles. The number of thioether (sulfide) groups is 1. The number of ether oxygens (including phenoxy) is 1. The van der Waals surface area contributed by atoms with Gasteiger partial charge in [0.2, 0.25) is 5.91 Å². The average molecular weight is 413 g/mol. The van der Waals surface area contributed by atoms with E-state index in [0.29, 0.717) is 10.6 Å². The summed E-state index contributed by atoms with van der Waals surface area (Å²) in [4.78, 5) is 26.2. The second-order valence-corrected chi connectivity index (χ2v) is 8.30. The fraction of sp³-hybridized carbons (Fsp3) is 0.143. The summed E-state index contributed by atoms with van der Waals surface area (Å²) >= 11 is 2.83. The molecule has 0 aliphatic heterocycles. The second-order valence-electron chi connectivity index (χ2n) is 5.94. The Labute approximate surface area is 172 Å². The molecule has 2 aromatic carbocycles. The molecule has 3 rings (SSSR count). The monoisotopic (exact) mass is 412 g/mol. The number of benzene rings is 2. The van der Waals surface area contributed by atoms with Crippen molar-refractivity contribution in [2.75, 3.05) is 17.7 Å². The van der Waals surface area contributed by atoms with Crippen molar-refractivity contribution in [3.05, 3.63) is 70.9 Å². The van der Waals surface area contributed by atoms with Crippen molar-refractivity contribution in [3.8, 4) is 5.75 Å². The summed E-state index contributed by atoms with van der Waals surface area (Å²) in [5, 5.41) is 7.34. The van der Waals surface area contributed by atoms with Gasteiger partial charge in [-0.2, -0.15) is 0 Å². The Morgan fingerprint density at radius 2 is 1.79 bits per heavy atom. The van der Waals surface area contributed by atoms with E-state index in [1.54, 1.807) is 37.4 Å². The summed E-state index contributed by atoms with van der Waals surface area (Å²) in [7, 11) is 1.60. The van der Waals surface area contributed by atoms with Crippen molar-refractivity contribution in [1.29, 1.82) is 0 Å². The molecule has 0 aliphatic carbocycles. The Kier molecular flexibility index (Phi) is 6.73. The van der Waals surface area contributed by atoms with Crippen molar-refractivity contribution in [2.45, 2.75) is 17.1 Å². The van der Waals surface area contributed by atoms with Gasteiger partial charge in [-0.1, -0.05) is 12.1 Å².